The highest BCUT2D eigenvalue weighted by molar-refractivity contribution is 6.09. The average molecular weight is 241 g/mol. The summed E-state index contributed by atoms with van der Waals surface area (Å²) < 4.78 is 0. The second-order valence-corrected chi connectivity index (χ2v) is 3.50. The highest BCUT2D eigenvalue weighted by Crippen LogP contribution is 2.10. The summed E-state index contributed by atoms with van der Waals surface area (Å²) in [4.78, 5) is 26.7. The van der Waals surface area contributed by atoms with Crippen molar-refractivity contribution in [1.29, 1.82) is 0 Å². The normalized spacial score (nSPS) is 9.78. The quantitative estimate of drug-likeness (QED) is 0.857. The van der Waals surface area contributed by atoms with Crippen molar-refractivity contribution in [2.45, 2.75) is 0 Å². The Balaban J connectivity index is 2.27. The van der Waals surface area contributed by atoms with E-state index in [1.165, 1.54) is 24.4 Å². The topological polar surface area (TPSA) is 82.1 Å². The second kappa shape index (κ2) is 5.09. The largest absolute Gasteiger partial charge is 0.545 e. The molecule has 2 aromatic rings. The molecule has 5 heteroatoms. The number of carbonyl (C=O) groups is 2. The Bertz CT molecular complexity index is 582. The van der Waals surface area contributed by atoms with Crippen molar-refractivity contribution >= 4 is 17.7 Å². The first-order valence-electron chi connectivity index (χ1n) is 5.21. The van der Waals surface area contributed by atoms with Crippen LogP contribution in [0.25, 0.3) is 0 Å². The number of carboxylic acids is 1. The fourth-order valence-corrected chi connectivity index (χ4v) is 1.48. The van der Waals surface area contributed by atoms with E-state index in [1.807, 2.05) is 0 Å². The first-order chi connectivity index (χ1) is 8.68. The van der Waals surface area contributed by atoms with Crippen LogP contribution < -0.4 is 10.4 Å². The molecule has 0 saturated heterocycles. The van der Waals surface area contributed by atoms with Gasteiger partial charge < -0.3 is 15.2 Å². The van der Waals surface area contributed by atoms with Crippen molar-refractivity contribution < 1.29 is 14.7 Å². The van der Waals surface area contributed by atoms with E-state index >= 15 is 0 Å². The molecule has 0 aliphatic carbocycles. The number of aromatic carboxylic acids is 1. The van der Waals surface area contributed by atoms with Gasteiger partial charge in [-0.25, -0.2) is 4.98 Å². The monoisotopic (exact) mass is 241 g/mol. The van der Waals surface area contributed by atoms with E-state index in [1.54, 1.807) is 24.3 Å². The molecule has 18 heavy (non-hydrogen) atoms. The third kappa shape index (κ3) is 2.52. The van der Waals surface area contributed by atoms with Crippen molar-refractivity contribution in [1.82, 2.24) is 4.98 Å². The number of carbonyl (C=O) groups excluding carboxylic acids is 2. The van der Waals surface area contributed by atoms with Gasteiger partial charge >= 0.3 is 0 Å². The maximum atomic E-state index is 11.9. The highest BCUT2D eigenvalue weighted by Gasteiger charge is 2.11. The highest BCUT2D eigenvalue weighted by atomic mass is 16.4. The van der Waals surface area contributed by atoms with E-state index in [0.29, 0.717) is 5.82 Å². The zero-order valence-corrected chi connectivity index (χ0v) is 9.29. The summed E-state index contributed by atoms with van der Waals surface area (Å²) in [6, 6.07) is 10.9. The van der Waals surface area contributed by atoms with Gasteiger partial charge in [0.25, 0.3) is 5.91 Å². The van der Waals surface area contributed by atoms with Crippen LogP contribution in [0, 0.1) is 0 Å². The van der Waals surface area contributed by atoms with Gasteiger partial charge in [-0.2, -0.15) is 0 Å². The number of nitrogens with one attached hydrogen (secondary N) is 1. The summed E-state index contributed by atoms with van der Waals surface area (Å²) in [5, 5.41) is 13.4. The number of hydrogen-bond donors (Lipinski definition) is 1. The summed E-state index contributed by atoms with van der Waals surface area (Å²) in [6.45, 7) is 0. The van der Waals surface area contributed by atoms with E-state index in [4.69, 9.17) is 0 Å². The van der Waals surface area contributed by atoms with Gasteiger partial charge in [0.05, 0.1) is 5.97 Å². The fraction of sp³-hybridized carbons (Fsp3) is 0. The maximum absolute atomic E-state index is 11.9. The number of carboxylic acid groups (broad SMARTS) is 1. The molecule has 1 aromatic carbocycles. The molecule has 1 heterocycles. The van der Waals surface area contributed by atoms with Crippen molar-refractivity contribution in [3.63, 3.8) is 0 Å². The number of benzene rings is 1. The number of aromatic nitrogens is 1. The second-order valence-electron chi connectivity index (χ2n) is 3.50. The molecular formula is C13H9N2O3-. The van der Waals surface area contributed by atoms with Crippen LogP contribution >= 0.6 is 0 Å². The summed E-state index contributed by atoms with van der Waals surface area (Å²) >= 11 is 0. The number of hydrogen-bond acceptors (Lipinski definition) is 4. The first-order valence-corrected chi connectivity index (χ1v) is 5.21. The molecule has 0 bridgehead atoms. The lowest BCUT2D eigenvalue weighted by Crippen LogP contribution is -2.26. The van der Waals surface area contributed by atoms with Crippen LogP contribution in [0.15, 0.2) is 48.7 Å². The zero-order valence-electron chi connectivity index (χ0n) is 9.29. The molecule has 2 rings (SSSR count). The summed E-state index contributed by atoms with van der Waals surface area (Å²) in [7, 11) is 0. The SMILES string of the molecule is O=C([O-])c1ccccc1C(=O)Nc1ccccn1. The third-order valence-electron chi connectivity index (χ3n) is 2.30. The van der Waals surface area contributed by atoms with Gasteiger partial charge in [0, 0.05) is 17.3 Å². The van der Waals surface area contributed by atoms with Crippen LogP contribution in [0.2, 0.25) is 0 Å². The van der Waals surface area contributed by atoms with Gasteiger partial charge in [0.15, 0.2) is 0 Å². The Hall–Kier alpha value is -2.69. The van der Waals surface area contributed by atoms with Gasteiger partial charge in [-0.1, -0.05) is 24.3 Å². The minimum Gasteiger partial charge on any atom is -0.545 e. The van der Waals surface area contributed by atoms with E-state index in [-0.39, 0.29) is 11.1 Å². The molecule has 0 atom stereocenters. The first kappa shape index (κ1) is 11.8. The Morgan fingerprint density at radius 3 is 2.28 bits per heavy atom. The van der Waals surface area contributed by atoms with Crippen LogP contribution in [-0.4, -0.2) is 16.9 Å². The molecule has 1 amide bonds. The maximum Gasteiger partial charge on any atom is 0.257 e. The Labute approximate surface area is 103 Å². The lowest BCUT2D eigenvalue weighted by molar-refractivity contribution is -0.255. The van der Waals surface area contributed by atoms with Crippen molar-refractivity contribution in [3.8, 4) is 0 Å². The third-order valence-corrected chi connectivity index (χ3v) is 2.30. The Morgan fingerprint density at radius 1 is 1.00 bits per heavy atom. The molecule has 5 nitrogen and oxygen atoms in total. The lowest BCUT2D eigenvalue weighted by atomic mass is 10.1. The van der Waals surface area contributed by atoms with Crippen molar-refractivity contribution in [3.05, 3.63) is 59.8 Å². The molecule has 0 unspecified atom stereocenters. The predicted octanol–water partition coefficient (Wildman–Crippen LogP) is 0.697. The predicted molar refractivity (Wildman–Crippen MR) is 63.0 cm³/mol. The van der Waals surface area contributed by atoms with Gasteiger partial charge in [0.2, 0.25) is 0 Å². The van der Waals surface area contributed by atoms with Gasteiger partial charge in [0.1, 0.15) is 5.82 Å². The summed E-state index contributed by atoms with van der Waals surface area (Å²) in [5.41, 5.74) is -0.103. The minimum atomic E-state index is -1.39. The zero-order chi connectivity index (χ0) is 13.0. The van der Waals surface area contributed by atoms with E-state index < -0.39 is 11.9 Å². The van der Waals surface area contributed by atoms with Gasteiger partial charge in [-0.15, -0.1) is 0 Å². The molecule has 0 aliphatic rings. The van der Waals surface area contributed by atoms with Crippen molar-refractivity contribution in [2.24, 2.45) is 0 Å². The molecule has 1 aromatic heterocycles. The molecule has 1 N–H and O–H groups in total. The van der Waals surface area contributed by atoms with Crippen molar-refractivity contribution in [2.75, 3.05) is 5.32 Å². The van der Waals surface area contributed by atoms with E-state index in [9.17, 15) is 14.7 Å². The minimum absolute atomic E-state index is 0.0446. The summed E-state index contributed by atoms with van der Waals surface area (Å²) in [5.74, 6) is -1.56. The molecule has 90 valence electrons. The molecule has 0 saturated carbocycles. The number of pyridine rings is 1. The fourth-order valence-electron chi connectivity index (χ4n) is 1.48. The Morgan fingerprint density at radius 2 is 1.67 bits per heavy atom. The van der Waals surface area contributed by atoms with Gasteiger partial charge in [-0.05, 0) is 18.2 Å². The van der Waals surface area contributed by atoms with Crippen LogP contribution in [0.4, 0.5) is 5.82 Å². The van der Waals surface area contributed by atoms with Crippen LogP contribution in [0.1, 0.15) is 20.7 Å². The Kier molecular flexibility index (Phi) is 3.33. The van der Waals surface area contributed by atoms with Gasteiger partial charge in [-0.3, -0.25) is 4.79 Å². The molecule has 0 aliphatic heterocycles. The summed E-state index contributed by atoms with van der Waals surface area (Å²) in [6.07, 6.45) is 1.53. The lowest BCUT2D eigenvalue weighted by Gasteiger charge is -2.09. The van der Waals surface area contributed by atoms with E-state index in [2.05, 4.69) is 10.3 Å². The molecule has 0 spiro atoms. The van der Waals surface area contributed by atoms with Crippen LogP contribution in [0.3, 0.4) is 0 Å². The number of rotatable bonds is 3. The van der Waals surface area contributed by atoms with Crippen LogP contribution in [-0.2, 0) is 0 Å². The molecular weight excluding hydrogens is 232 g/mol. The number of nitrogens with zero attached hydrogens (tertiary/aromatic N) is 1. The molecule has 0 radical (unpaired) electrons. The standard InChI is InChI=1S/C13H10N2O3/c16-12(15-11-7-3-4-8-14-11)9-5-1-2-6-10(9)13(17)18/h1-8H,(H,17,18)(H,14,15,16)/p-1. The number of anilines is 1. The van der Waals surface area contributed by atoms with Crippen LogP contribution in [0.5, 0.6) is 0 Å². The average Bonchev–Trinajstić information content (AvgIpc) is 2.40. The molecule has 0 fully saturated rings. The van der Waals surface area contributed by atoms with E-state index in [0.717, 1.165) is 0 Å². The number of amides is 1. The smallest absolute Gasteiger partial charge is 0.257 e.